The van der Waals surface area contributed by atoms with Gasteiger partial charge < -0.3 is 25.2 Å². The number of ether oxygens (including phenoxy) is 2. The molecule has 0 fully saturated rings. The standard InChI is InChI=1S/C51H94NO10P/c1-3-5-7-9-11-13-15-17-19-21-22-23-24-25-27-28-30-32-34-36-38-40-42-49(53)59-44-47(45-60-63(57,58)61-46-48(52)51(55)56)62-50(54)43-41-39-37-35-33-31-29-26-20-18-16-14-12-10-8-6-4-2/h6,8,12,14,18,20,47-48H,3-5,7,9-11,13,15-17,19,21-46,52H2,1-2H3,(H,55,56)(H,57,58)/b8-6-,14-12-,20-18-. The fraction of sp³-hybridized carbons (Fsp3) is 0.824. The predicted octanol–water partition coefficient (Wildman–Crippen LogP) is 14.3. The topological polar surface area (TPSA) is 172 Å². The van der Waals surface area contributed by atoms with Crippen molar-refractivity contribution >= 4 is 25.7 Å². The van der Waals surface area contributed by atoms with Crippen LogP contribution in [0.25, 0.3) is 0 Å². The summed E-state index contributed by atoms with van der Waals surface area (Å²) in [4.78, 5) is 46.2. The largest absolute Gasteiger partial charge is 0.480 e. The van der Waals surface area contributed by atoms with E-state index in [1.165, 1.54) is 122 Å². The first-order chi connectivity index (χ1) is 30.6. The molecule has 11 nitrogen and oxygen atoms in total. The van der Waals surface area contributed by atoms with Gasteiger partial charge in [-0.15, -0.1) is 0 Å². The van der Waals surface area contributed by atoms with E-state index in [0.29, 0.717) is 12.8 Å². The average molecular weight is 912 g/mol. The summed E-state index contributed by atoms with van der Waals surface area (Å²) in [6, 6.07) is -1.52. The molecule has 0 saturated carbocycles. The van der Waals surface area contributed by atoms with Crippen molar-refractivity contribution in [3.63, 3.8) is 0 Å². The lowest BCUT2D eigenvalue weighted by molar-refractivity contribution is -0.161. The number of esters is 2. The van der Waals surface area contributed by atoms with Gasteiger partial charge in [-0.05, 0) is 44.9 Å². The number of aliphatic carboxylic acids is 1. The van der Waals surface area contributed by atoms with E-state index in [-0.39, 0.29) is 19.4 Å². The van der Waals surface area contributed by atoms with E-state index in [1.54, 1.807) is 0 Å². The van der Waals surface area contributed by atoms with Gasteiger partial charge in [0.15, 0.2) is 6.10 Å². The van der Waals surface area contributed by atoms with E-state index in [9.17, 15) is 23.8 Å². The van der Waals surface area contributed by atoms with E-state index in [4.69, 9.17) is 24.8 Å². The molecule has 0 bridgehead atoms. The molecule has 3 atom stereocenters. The Morgan fingerprint density at radius 2 is 0.889 bits per heavy atom. The Bertz CT molecular complexity index is 1210. The maximum Gasteiger partial charge on any atom is 0.472 e. The van der Waals surface area contributed by atoms with E-state index in [1.807, 2.05) is 0 Å². The first kappa shape index (κ1) is 60.7. The van der Waals surface area contributed by atoms with E-state index < -0.39 is 51.1 Å². The second kappa shape index (κ2) is 46.2. The third-order valence-corrected chi connectivity index (χ3v) is 12.1. The molecule has 368 valence electrons. The van der Waals surface area contributed by atoms with Gasteiger partial charge in [0.25, 0.3) is 0 Å². The highest BCUT2D eigenvalue weighted by molar-refractivity contribution is 7.47. The number of unbranched alkanes of at least 4 members (excludes halogenated alkanes) is 28. The first-order valence-corrected chi connectivity index (χ1v) is 27.0. The minimum absolute atomic E-state index is 0.152. The number of allylic oxidation sites excluding steroid dienone is 6. The van der Waals surface area contributed by atoms with E-state index >= 15 is 0 Å². The summed E-state index contributed by atoms with van der Waals surface area (Å²) in [5.74, 6) is -2.38. The summed E-state index contributed by atoms with van der Waals surface area (Å²) in [5, 5.41) is 8.92. The van der Waals surface area contributed by atoms with Crippen molar-refractivity contribution in [3.05, 3.63) is 36.5 Å². The number of rotatable bonds is 48. The van der Waals surface area contributed by atoms with Crippen molar-refractivity contribution in [2.75, 3.05) is 19.8 Å². The van der Waals surface area contributed by atoms with Crippen molar-refractivity contribution in [1.29, 1.82) is 0 Å². The lowest BCUT2D eigenvalue weighted by Gasteiger charge is -2.20. The Balaban J connectivity index is 4.21. The Morgan fingerprint density at radius 1 is 0.508 bits per heavy atom. The molecule has 0 aromatic rings. The number of carbonyl (C=O) groups excluding carboxylic acids is 2. The molecule has 0 amide bonds. The van der Waals surface area contributed by atoms with Gasteiger partial charge in [0.05, 0.1) is 13.2 Å². The molecule has 4 N–H and O–H groups in total. The van der Waals surface area contributed by atoms with Crippen LogP contribution in [0.5, 0.6) is 0 Å². The van der Waals surface area contributed by atoms with Crippen LogP contribution >= 0.6 is 7.82 Å². The second-order valence-electron chi connectivity index (χ2n) is 17.3. The van der Waals surface area contributed by atoms with Crippen molar-refractivity contribution in [2.24, 2.45) is 5.73 Å². The molecule has 0 aromatic heterocycles. The van der Waals surface area contributed by atoms with Crippen LogP contribution in [0, 0.1) is 0 Å². The third-order valence-electron chi connectivity index (χ3n) is 11.2. The average Bonchev–Trinajstić information content (AvgIpc) is 3.26. The van der Waals surface area contributed by atoms with E-state index in [0.717, 1.165) is 77.0 Å². The highest BCUT2D eigenvalue weighted by Gasteiger charge is 2.28. The maximum atomic E-state index is 12.7. The van der Waals surface area contributed by atoms with Crippen LogP contribution < -0.4 is 5.73 Å². The monoisotopic (exact) mass is 912 g/mol. The lowest BCUT2D eigenvalue weighted by Crippen LogP contribution is -2.34. The Morgan fingerprint density at radius 3 is 1.33 bits per heavy atom. The number of carboxylic acids is 1. The molecular formula is C51H94NO10P. The van der Waals surface area contributed by atoms with Crippen molar-refractivity contribution in [2.45, 2.75) is 251 Å². The van der Waals surface area contributed by atoms with Gasteiger partial charge in [-0.3, -0.25) is 23.4 Å². The molecule has 0 saturated heterocycles. The molecule has 0 aliphatic heterocycles. The summed E-state index contributed by atoms with van der Waals surface area (Å²) in [6.45, 7) is 2.72. The first-order valence-electron chi connectivity index (χ1n) is 25.5. The van der Waals surface area contributed by atoms with Crippen molar-refractivity contribution < 1.29 is 47.5 Å². The van der Waals surface area contributed by atoms with Crippen LogP contribution in [0.1, 0.15) is 239 Å². The summed E-state index contributed by atoms with van der Waals surface area (Å²) < 4.78 is 32.8. The number of hydrogen-bond donors (Lipinski definition) is 3. The summed E-state index contributed by atoms with van der Waals surface area (Å²) in [7, 11) is -4.72. The normalized spacial score (nSPS) is 13.8. The quantitative estimate of drug-likeness (QED) is 0.0230. The zero-order valence-corrected chi connectivity index (χ0v) is 41.1. The number of nitrogens with two attached hydrogens (primary N) is 1. The zero-order valence-electron chi connectivity index (χ0n) is 40.2. The van der Waals surface area contributed by atoms with Crippen LogP contribution in [0.4, 0.5) is 0 Å². The minimum Gasteiger partial charge on any atom is -0.480 e. The second-order valence-corrected chi connectivity index (χ2v) is 18.7. The van der Waals surface area contributed by atoms with Crippen LogP contribution in [-0.2, 0) is 37.5 Å². The number of phosphoric acid groups is 1. The van der Waals surface area contributed by atoms with Crippen LogP contribution in [0.15, 0.2) is 36.5 Å². The smallest absolute Gasteiger partial charge is 0.472 e. The Hall–Kier alpha value is -2.30. The van der Waals surface area contributed by atoms with Gasteiger partial charge >= 0.3 is 25.7 Å². The molecule has 0 aromatic carbocycles. The molecule has 0 rings (SSSR count). The highest BCUT2D eigenvalue weighted by atomic mass is 31.2. The predicted molar refractivity (Wildman–Crippen MR) is 259 cm³/mol. The van der Waals surface area contributed by atoms with Gasteiger partial charge in [0.1, 0.15) is 12.6 Å². The summed E-state index contributed by atoms with van der Waals surface area (Å²) >= 11 is 0. The van der Waals surface area contributed by atoms with E-state index in [2.05, 4.69) is 54.8 Å². The fourth-order valence-electron chi connectivity index (χ4n) is 7.20. The molecule has 0 heterocycles. The molecule has 12 heteroatoms. The SMILES string of the molecule is CC/C=C\C/C=C\C/C=C\CCCCCCCCCC(=O)OC(COC(=O)CCCCCCCCCCCCCCCCCCCCCCCC)COP(=O)(O)OCC(N)C(=O)O. The van der Waals surface area contributed by atoms with Gasteiger partial charge in [0, 0.05) is 12.8 Å². The number of carboxylic acid groups (broad SMARTS) is 1. The molecular weight excluding hydrogens is 818 g/mol. The van der Waals surface area contributed by atoms with Crippen LogP contribution in [-0.4, -0.2) is 59.9 Å². The molecule has 3 unspecified atom stereocenters. The molecule has 0 radical (unpaired) electrons. The van der Waals surface area contributed by atoms with Gasteiger partial charge in [-0.2, -0.15) is 0 Å². The van der Waals surface area contributed by atoms with Gasteiger partial charge in [-0.25, -0.2) is 4.57 Å². The summed E-state index contributed by atoms with van der Waals surface area (Å²) in [5.41, 5.74) is 5.35. The van der Waals surface area contributed by atoms with Gasteiger partial charge in [-0.1, -0.05) is 217 Å². The highest BCUT2D eigenvalue weighted by Crippen LogP contribution is 2.43. The van der Waals surface area contributed by atoms with Crippen molar-refractivity contribution in [1.82, 2.24) is 0 Å². The number of phosphoric ester groups is 1. The Labute approximate surface area is 384 Å². The molecule has 0 aliphatic rings. The number of carbonyl (C=O) groups is 3. The summed E-state index contributed by atoms with van der Waals surface area (Å²) in [6.07, 6.45) is 52.1. The maximum absolute atomic E-state index is 12.7. The lowest BCUT2D eigenvalue weighted by atomic mass is 10.0. The fourth-order valence-corrected chi connectivity index (χ4v) is 7.98. The Kier molecular flexibility index (Phi) is 44.5. The number of hydrogen-bond acceptors (Lipinski definition) is 9. The van der Waals surface area contributed by atoms with Crippen LogP contribution in [0.3, 0.4) is 0 Å². The van der Waals surface area contributed by atoms with Crippen molar-refractivity contribution in [3.8, 4) is 0 Å². The van der Waals surface area contributed by atoms with Crippen LogP contribution in [0.2, 0.25) is 0 Å². The molecule has 0 aliphatic carbocycles. The van der Waals surface area contributed by atoms with Gasteiger partial charge in [0.2, 0.25) is 0 Å². The molecule has 0 spiro atoms. The third kappa shape index (κ3) is 46.0. The minimum atomic E-state index is -4.72. The zero-order chi connectivity index (χ0) is 46.3. The molecule has 63 heavy (non-hydrogen) atoms.